The van der Waals surface area contributed by atoms with Crippen molar-refractivity contribution < 1.29 is 4.74 Å². The average Bonchev–Trinajstić information content (AvgIpc) is 3.23. The van der Waals surface area contributed by atoms with Crippen molar-refractivity contribution in [3.05, 3.63) is 12.2 Å². The Morgan fingerprint density at radius 2 is 2.11 bits per heavy atom. The first-order valence-corrected chi connectivity index (χ1v) is 7.33. The van der Waals surface area contributed by atoms with Crippen LogP contribution in [0.25, 0.3) is 0 Å². The largest absolute Gasteiger partial charge is 0.383 e. The van der Waals surface area contributed by atoms with Gasteiger partial charge in [-0.2, -0.15) is 0 Å². The van der Waals surface area contributed by atoms with Gasteiger partial charge < -0.3 is 10.1 Å². The molecule has 0 radical (unpaired) electrons. The van der Waals surface area contributed by atoms with E-state index in [0.717, 1.165) is 38.2 Å². The van der Waals surface area contributed by atoms with Gasteiger partial charge in [-0.25, -0.2) is 0 Å². The van der Waals surface area contributed by atoms with Crippen LogP contribution in [0.5, 0.6) is 0 Å². The molecular weight excluding hydrogens is 224 g/mol. The fourth-order valence-electron chi connectivity index (χ4n) is 2.43. The van der Waals surface area contributed by atoms with E-state index in [2.05, 4.69) is 23.7 Å². The van der Waals surface area contributed by atoms with Crippen LogP contribution in [-0.2, 0) is 4.74 Å². The van der Waals surface area contributed by atoms with Gasteiger partial charge in [-0.05, 0) is 44.1 Å². The van der Waals surface area contributed by atoms with Crippen molar-refractivity contribution >= 4 is 0 Å². The summed E-state index contributed by atoms with van der Waals surface area (Å²) in [5.74, 6) is 0.908. The maximum atomic E-state index is 5.23. The molecule has 0 heterocycles. The Hall–Kier alpha value is -0.380. The van der Waals surface area contributed by atoms with E-state index < -0.39 is 0 Å². The minimum Gasteiger partial charge on any atom is -0.383 e. The lowest BCUT2D eigenvalue weighted by molar-refractivity contribution is 0.124. The molecule has 104 valence electrons. The predicted octanol–water partition coefficient (Wildman–Crippen LogP) is 2.04. The number of nitrogens with one attached hydrogen (secondary N) is 1. The fraction of sp³-hybridized carbons (Fsp3) is 0.867. The molecule has 0 aliphatic heterocycles. The first kappa shape index (κ1) is 14.0. The maximum Gasteiger partial charge on any atom is 0.0589 e. The van der Waals surface area contributed by atoms with Crippen LogP contribution in [0.4, 0.5) is 0 Å². The highest BCUT2D eigenvalue weighted by molar-refractivity contribution is 5.03. The molecule has 2 rings (SSSR count). The molecule has 2 fully saturated rings. The minimum atomic E-state index is 0.679. The molecule has 0 aromatic heterocycles. The van der Waals surface area contributed by atoms with Crippen molar-refractivity contribution in [2.45, 2.75) is 44.7 Å². The zero-order chi connectivity index (χ0) is 13.0. The Balaban J connectivity index is 1.72. The first-order chi connectivity index (χ1) is 8.70. The van der Waals surface area contributed by atoms with Gasteiger partial charge in [0.15, 0.2) is 0 Å². The lowest BCUT2D eigenvalue weighted by Gasteiger charge is -2.29. The smallest absolute Gasteiger partial charge is 0.0589 e. The van der Waals surface area contributed by atoms with Gasteiger partial charge in [-0.1, -0.05) is 6.58 Å². The molecule has 2 saturated carbocycles. The van der Waals surface area contributed by atoms with E-state index >= 15 is 0 Å². The molecule has 0 amide bonds. The van der Waals surface area contributed by atoms with Gasteiger partial charge in [0, 0.05) is 38.8 Å². The summed E-state index contributed by atoms with van der Waals surface area (Å²) < 4.78 is 5.23. The number of ether oxygens (including phenoxy) is 1. The number of hydrogen-bond donors (Lipinski definition) is 1. The zero-order valence-electron chi connectivity index (χ0n) is 12.0. The summed E-state index contributed by atoms with van der Waals surface area (Å²) >= 11 is 0. The lowest BCUT2D eigenvalue weighted by Crippen LogP contribution is -2.39. The molecule has 0 bridgehead atoms. The van der Waals surface area contributed by atoms with E-state index in [-0.39, 0.29) is 0 Å². The molecule has 2 aliphatic carbocycles. The second-order valence-corrected chi connectivity index (χ2v) is 5.95. The molecule has 0 aromatic rings. The van der Waals surface area contributed by atoms with Crippen molar-refractivity contribution in [1.82, 2.24) is 10.2 Å². The second kappa shape index (κ2) is 6.69. The van der Waals surface area contributed by atoms with E-state index in [9.17, 15) is 0 Å². The number of rotatable bonds is 10. The third kappa shape index (κ3) is 4.71. The van der Waals surface area contributed by atoms with E-state index in [1.54, 1.807) is 7.11 Å². The van der Waals surface area contributed by atoms with Crippen LogP contribution in [0.2, 0.25) is 0 Å². The van der Waals surface area contributed by atoms with Crippen molar-refractivity contribution in [1.29, 1.82) is 0 Å². The predicted molar refractivity (Wildman–Crippen MR) is 75.8 cm³/mol. The Kier molecular flexibility index (Phi) is 5.22. The summed E-state index contributed by atoms with van der Waals surface area (Å²) in [5.41, 5.74) is 1.31. The second-order valence-electron chi connectivity index (χ2n) is 5.95. The Morgan fingerprint density at radius 3 is 2.67 bits per heavy atom. The molecule has 1 unspecified atom stereocenters. The van der Waals surface area contributed by atoms with Gasteiger partial charge in [-0.3, -0.25) is 4.90 Å². The van der Waals surface area contributed by atoms with Crippen LogP contribution >= 0.6 is 0 Å². The third-order valence-electron chi connectivity index (χ3n) is 4.11. The summed E-state index contributed by atoms with van der Waals surface area (Å²) in [6.45, 7) is 10.4. The Morgan fingerprint density at radius 1 is 1.39 bits per heavy atom. The molecule has 0 saturated heterocycles. The first-order valence-electron chi connectivity index (χ1n) is 7.33. The molecule has 3 nitrogen and oxygen atoms in total. The van der Waals surface area contributed by atoms with Gasteiger partial charge in [0.05, 0.1) is 6.61 Å². The number of methoxy groups -OCH3 is 1. The van der Waals surface area contributed by atoms with Crippen molar-refractivity contribution in [3.8, 4) is 0 Å². The highest BCUT2D eigenvalue weighted by atomic mass is 16.5. The summed E-state index contributed by atoms with van der Waals surface area (Å²) in [4.78, 5) is 2.54. The van der Waals surface area contributed by atoms with Crippen molar-refractivity contribution in [2.75, 3.05) is 33.4 Å². The molecule has 18 heavy (non-hydrogen) atoms. The minimum absolute atomic E-state index is 0.679. The van der Waals surface area contributed by atoms with Gasteiger partial charge in [0.25, 0.3) is 0 Å². The monoisotopic (exact) mass is 252 g/mol. The maximum absolute atomic E-state index is 5.23. The fourth-order valence-corrected chi connectivity index (χ4v) is 2.43. The quantitative estimate of drug-likeness (QED) is 0.602. The molecule has 2 aliphatic rings. The summed E-state index contributed by atoms with van der Waals surface area (Å²) in [6, 6.07) is 1.45. The van der Waals surface area contributed by atoms with E-state index in [0.29, 0.717) is 6.04 Å². The number of nitrogens with zero attached hydrogens (tertiary/aromatic N) is 1. The highest BCUT2D eigenvalue weighted by Gasteiger charge is 2.32. The van der Waals surface area contributed by atoms with Crippen LogP contribution in [0.1, 0.15) is 32.6 Å². The van der Waals surface area contributed by atoms with E-state index in [1.807, 2.05) is 0 Å². The van der Waals surface area contributed by atoms with Crippen LogP contribution in [0.15, 0.2) is 12.2 Å². The van der Waals surface area contributed by atoms with Crippen molar-refractivity contribution in [3.63, 3.8) is 0 Å². The Bertz CT molecular complexity index is 272. The molecule has 0 aromatic carbocycles. The van der Waals surface area contributed by atoms with Crippen LogP contribution < -0.4 is 5.32 Å². The standard InChI is InChI=1S/C15H28N2O/c1-12(10-16-15-6-7-15)11-17(8-9-18-3)13(2)14-4-5-14/h13-16H,1,4-11H2,2-3H3. The van der Waals surface area contributed by atoms with E-state index in [4.69, 9.17) is 4.74 Å². The molecule has 1 N–H and O–H groups in total. The van der Waals surface area contributed by atoms with Gasteiger partial charge in [0.2, 0.25) is 0 Å². The van der Waals surface area contributed by atoms with E-state index in [1.165, 1.54) is 31.3 Å². The van der Waals surface area contributed by atoms with Crippen LogP contribution in [0.3, 0.4) is 0 Å². The van der Waals surface area contributed by atoms with Gasteiger partial charge in [0.1, 0.15) is 0 Å². The van der Waals surface area contributed by atoms with Crippen LogP contribution in [0, 0.1) is 5.92 Å². The zero-order valence-corrected chi connectivity index (χ0v) is 12.0. The molecule has 0 spiro atoms. The topological polar surface area (TPSA) is 24.5 Å². The van der Waals surface area contributed by atoms with Gasteiger partial charge in [-0.15, -0.1) is 0 Å². The summed E-state index contributed by atoms with van der Waals surface area (Å²) in [6.07, 6.45) is 5.49. The highest BCUT2D eigenvalue weighted by Crippen LogP contribution is 2.35. The molecule has 3 heteroatoms. The SMILES string of the molecule is C=C(CNC1CC1)CN(CCOC)C(C)C1CC1. The summed E-state index contributed by atoms with van der Waals surface area (Å²) in [5, 5.41) is 3.54. The number of hydrogen-bond acceptors (Lipinski definition) is 3. The lowest BCUT2D eigenvalue weighted by atomic mass is 10.1. The third-order valence-corrected chi connectivity index (χ3v) is 4.11. The Labute approximate surface area is 112 Å². The van der Waals surface area contributed by atoms with Crippen molar-refractivity contribution in [2.24, 2.45) is 5.92 Å². The molecule has 1 atom stereocenters. The summed E-state index contributed by atoms with van der Waals surface area (Å²) in [7, 11) is 1.78. The van der Waals surface area contributed by atoms with Crippen LogP contribution in [-0.4, -0.2) is 50.3 Å². The molecular formula is C15H28N2O. The average molecular weight is 252 g/mol. The normalized spacial score (nSPS) is 21.3. The van der Waals surface area contributed by atoms with Gasteiger partial charge >= 0.3 is 0 Å².